The van der Waals surface area contributed by atoms with Crippen molar-refractivity contribution >= 4 is 51.7 Å². The van der Waals surface area contributed by atoms with Crippen LogP contribution in [0, 0.1) is 6.92 Å². The first-order valence-corrected chi connectivity index (χ1v) is 11.4. The number of thiocarbonyl (C=S) groups is 1. The fourth-order valence-electron chi connectivity index (χ4n) is 3.76. The lowest BCUT2D eigenvalue weighted by Crippen LogP contribution is -2.27. The smallest absolute Gasteiger partial charge is 0.267 e. The predicted octanol–water partition coefficient (Wildman–Crippen LogP) is 3.20. The molecular formula is C23H20N4O4S2. The third-order valence-electron chi connectivity index (χ3n) is 5.41. The minimum atomic E-state index is -0.249. The maximum absolute atomic E-state index is 13.3. The number of nitrogens with zero attached hydrogens (tertiary/aromatic N) is 4. The molecule has 33 heavy (non-hydrogen) atoms. The third-order valence-corrected chi connectivity index (χ3v) is 6.79. The number of benzene rings is 1. The van der Waals surface area contributed by atoms with Crippen LogP contribution in [0.5, 0.6) is 11.5 Å². The fraction of sp³-hybridized carbons (Fsp3) is 0.217. The third kappa shape index (κ3) is 3.75. The quantitative estimate of drug-likeness (QED) is 0.416. The van der Waals surface area contributed by atoms with Gasteiger partial charge in [-0.05, 0) is 42.3 Å². The number of aromatic nitrogens is 2. The molecule has 0 radical (unpaired) electrons. The SMILES string of the molecule is Cc1cccn2c(=O)c(/C=C3\SC(=S)N(Cc4ccc5c(c4)OCO5)C3=O)c(N(C)C)nc12. The first-order chi connectivity index (χ1) is 15.8. The van der Waals surface area contributed by atoms with E-state index in [2.05, 4.69) is 0 Å². The Morgan fingerprint density at radius 2 is 2.00 bits per heavy atom. The molecule has 2 aliphatic heterocycles. The normalized spacial score (nSPS) is 16.3. The maximum Gasteiger partial charge on any atom is 0.267 e. The van der Waals surface area contributed by atoms with E-state index in [9.17, 15) is 9.59 Å². The van der Waals surface area contributed by atoms with Gasteiger partial charge in [0, 0.05) is 20.3 Å². The average Bonchev–Trinajstić information content (AvgIpc) is 3.35. The molecule has 0 spiro atoms. The van der Waals surface area contributed by atoms with Crippen molar-refractivity contribution in [2.45, 2.75) is 13.5 Å². The maximum atomic E-state index is 13.3. The average molecular weight is 481 g/mol. The molecule has 168 valence electrons. The summed E-state index contributed by atoms with van der Waals surface area (Å²) in [5, 5.41) is 0. The lowest BCUT2D eigenvalue weighted by atomic mass is 10.2. The first-order valence-electron chi connectivity index (χ1n) is 10.2. The van der Waals surface area contributed by atoms with Crippen molar-refractivity contribution in [3.8, 4) is 11.5 Å². The van der Waals surface area contributed by atoms with Crippen molar-refractivity contribution in [3.63, 3.8) is 0 Å². The minimum Gasteiger partial charge on any atom is -0.454 e. The molecule has 4 heterocycles. The zero-order chi connectivity index (χ0) is 23.3. The van der Waals surface area contributed by atoms with E-state index in [1.807, 2.05) is 45.3 Å². The summed E-state index contributed by atoms with van der Waals surface area (Å²) < 4.78 is 12.7. The van der Waals surface area contributed by atoms with Crippen LogP contribution in [0.2, 0.25) is 0 Å². The summed E-state index contributed by atoms with van der Waals surface area (Å²) >= 11 is 6.66. The van der Waals surface area contributed by atoms with Crippen molar-refractivity contribution in [2.75, 3.05) is 25.8 Å². The van der Waals surface area contributed by atoms with Gasteiger partial charge in [0.15, 0.2) is 11.5 Å². The Morgan fingerprint density at radius 3 is 2.79 bits per heavy atom. The van der Waals surface area contributed by atoms with Gasteiger partial charge in [0.2, 0.25) is 6.79 Å². The summed E-state index contributed by atoms with van der Waals surface area (Å²) in [6.45, 7) is 2.39. The molecule has 1 amide bonds. The van der Waals surface area contributed by atoms with E-state index in [4.69, 9.17) is 26.7 Å². The highest BCUT2D eigenvalue weighted by atomic mass is 32.2. The van der Waals surface area contributed by atoms with Gasteiger partial charge in [0.05, 0.1) is 17.0 Å². The van der Waals surface area contributed by atoms with Crippen LogP contribution in [0.3, 0.4) is 0 Å². The molecule has 2 aliphatic rings. The van der Waals surface area contributed by atoms with Crippen LogP contribution in [0.1, 0.15) is 16.7 Å². The Labute approximate surface area is 199 Å². The number of ether oxygens (including phenoxy) is 2. The lowest BCUT2D eigenvalue weighted by molar-refractivity contribution is -0.122. The Hall–Kier alpha value is -3.37. The molecule has 0 atom stereocenters. The second-order valence-corrected chi connectivity index (χ2v) is 9.56. The molecule has 0 saturated carbocycles. The summed E-state index contributed by atoms with van der Waals surface area (Å²) in [6.07, 6.45) is 3.28. The van der Waals surface area contributed by atoms with E-state index in [-0.39, 0.29) is 18.3 Å². The largest absolute Gasteiger partial charge is 0.454 e. The van der Waals surface area contributed by atoms with Gasteiger partial charge in [-0.2, -0.15) is 0 Å². The zero-order valence-corrected chi connectivity index (χ0v) is 19.8. The number of pyridine rings is 1. The van der Waals surface area contributed by atoms with Crippen LogP contribution >= 0.6 is 24.0 Å². The Balaban J connectivity index is 1.52. The van der Waals surface area contributed by atoms with Crippen LogP contribution < -0.4 is 19.9 Å². The molecule has 0 bridgehead atoms. The lowest BCUT2D eigenvalue weighted by Gasteiger charge is -2.16. The summed E-state index contributed by atoms with van der Waals surface area (Å²) in [6, 6.07) is 9.24. The summed E-state index contributed by atoms with van der Waals surface area (Å²) in [4.78, 5) is 34.9. The van der Waals surface area contributed by atoms with E-state index < -0.39 is 0 Å². The minimum absolute atomic E-state index is 0.186. The Bertz CT molecular complexity index is 1410. The number of fused-ring (bicyclic) bond motifs is 2. The van der Waals surface area contributed by atoms with Gasteiger partial charge in [0.1, 0.15) is 15.8 Å². The number of carbonyl (C=O) groups is 1. The number of amides is 1. The molecule has 0 unspecified atom stereocenters. The number of anilines is 1. The van der Waals surface area contributed by atoms with Crippen molar-refractivity contribution in [3.05, 3.63) is 68.5 Å². The number of hydrogen-bond acceptors (Lipinski definition) is 8. The highest BCUT2D eigenvalue weighted by molar-refractivity contribution is 8.26. The predicted molar refractivity (Wildman–Crippen MR) is 132 cm³/mol. The van der Waals surface area contributed by atoms with Crippen molar-refractivity contribution in [1.29, 1.82) is 0 Å². The van der Waals surface area contributed by atoms with E-state index in [1.54, 1.807) is 23.2 Å². The molecule has 3 aromatic rings. The number of carbonyl (C=O) groups excluding carboxylic acids is 1. The van der Waals surface area contributed by atoms with Gasteiger partial charge < -0.3 is 14.4 Å². The molecule has 2 aromatic heterocycles. The number of aryl methyl sites for hydroxylation is 1. The molecule has 10 heteroatoms. The van der Waals surface area contributed by atoms with Crippen LogP contribution in [0.15, 0.2) is 46.2 Å². The van der Waals surface area contributed by atoms with Gasteiger partial charge in [-0.1, -0.05) is 36.1 Å². The highest BCUT2D eigenvalue weighted by Gasteiger charge is 2.33. The second-order valence-electron chi connectivity index (χ2n) is 7.89. The van der Waals surface area contributed by atoms with Gasteiger partial charge in [-0.15, -0.1) is 0 Å². The molecule has 5 rings (SSSR count). The standard InChI is InChI=1S/C23H20N4O4S2/c1-13-5-4-8-26-19(13)24-20(25(2)3)15(21(26)28)10-18-22(29)27(23(32)33-18)11-14-6-7-16-17(9-14)31-12-30-16/h4-10H,11-12H2,1-3H3/b18-10-. The topological polar surface area (TPSA) is 76.4 Å². The molecule has 8 nitrogen and oxygen atoms in total. The summed E-state index contributed by atoms with van der Waals surface area (Å²) in [5.41, 5.74) is 2.44. The number of thioether (sulfide) groups is 1. The number of rotatable bonds is 4. The molecule has 0 N–H and O–H groups in total. The van der Waals surface area contributed by atoms with Crippen molar-refractivity contribution in [2.24, 2.45) is 0 Å². The van der Waals surface area contributed by atoms with E-state index >= 15 is 0 Å². The van der Waals surface area contributed by atoms with Gasteiger partial charge in [-0.3, -0.25) is 18.9 Å². The number of hydrogen-bond donors (Lipinski definition) is 0. The highest BCUT2D eigenvalue weighted by Crippen LogP contribution is 2.36. The van der Waals surface area contributed by atoms with Crippen LogP contribution in [0.4, 0.5) is 5.82 Å². The van der Waals surface area contributed by atoms with Crippen molar-refractivity contribution < 1.29 is 14.3 Å². The second kappa shape index (κ2) is 8.20. The fourth-order valence-corrected chi connectivity index (χ4v) is 4.99. The molecular weight excluding hydrogens is 460 g/mol. The van der Waals surface area contributed by atoms with E-state index in [0.29, 0.717) is 44.3 Å². The van der Waals surface area contributed by atoms with E-state index in [0.717, 1.165) is 11.1 Å². The Morgan fingerprint density at radius 1 is 1.21 bits per heavy atom. The molecule has 1 saturated heterocycles. The monoisotopic (exact) mass is 480 g/mol. The van der Waals surface area contributed by atoms with E-state index in [1.165, 1.54) is 21.1 Å². The molecule has 1 aromatic carbocycles. The molecule has 1 fully saturated rings. The summed E-state index contributed by atoms with van der Waals surface area (Å²) in [7, 11) is 3.64. The zero-order valence-electron chi connectivity index (χ0n) is 18.2. The van der Waals surface area contributed by atoms with Crippen LogP contribution in [-0.2, 0) is 11.3 Å². The van der Waals surface area contributed by atoms with Gasteiger partial charge in [-0.25, -0.2) is 4.98 Å². The first kappa shape index (κ1) is 21.5. The van der Waals surface area contributed by atoms with Crippen LogP contribution in [0.25, 0.3) is 11.7 Å². The van der Waals surface area contributed by atoms with Crippen LogP contribution in [-0.4, -0.2) is 45.4 Å². The summed E-state index contributed by atoms with van der Waals surface area (Å²) in [5.74, 6) is 1.57. The molecule has 0 aliphatic carbocycles. The van der Waals surface area contributed by atoms with Crippen molar-refractivity contribution in [1.82, 2.24) is 14.3 Å². The van der Waals surface area contributed by atoms with Gasteiger partial charge >= 0.3 is 0 Å². The van der Waals surface area contributed by atoms with Gasteiger partial charge in [0.25, 0.3) is 11.5 Å². The Kier molecular flexibility index (Phi) is 5.34.